The molecule has 1 aromatic heterocycles. The third kappa shape index (κ3) is 5.88. The third-order valence-corrected chi connectivity index (χ3v) is 4.11. The number of amides is 2. The summed E-state index contributed by atoms with van der Waals surface area (Å²) in [6, 6.07) is 4.00. The van der Waals surface area contributed by atoms with E-state index in [1.807, 2.05) is 12.1 Å². The minimum Gasteiger partial charge on any atom is -0.467 e. The van der Waals surface area contributed by atoms with E-state index < -0.39 is 0 Å². The lowest BCUT2D eigenvalue weighted by atomic mass is 10.0. The summed E-state index contributed by atoms with van der Waals surface area (Å²) in [5.74, 6) is 1.38. The molecule has 2 heterocycles. The van der Waals surface area contributed by atoms with Gasteiger partial charge >= 0.3 is 6.03 Å². The van der Waals surface area contributed by atoms with Gasteiger partial charge in [-0.1, -0.05) is 13.8 Å². The maximum absolute atomic E-state index is 12.3. The Morgan fingerprint density at radius 1 is 1.39 bits per heavy atom. The molecule has 0 radical (unpaired) electrons. The molecule has 1 fully saturated rings. The van der Waals surface area contributed by atoms with E-state index in [4.69, 9.17) is 9.15 Å². The quantitative estimate of drug-likeness (QED) is 0.835. The van der Waals surface area contributed by atoms with Crippen LogP contribution in [0.4, 0.5) is 4.79 Å². The summed E-state index contributed by atoms with van der Waals surface area (Å²) in [7, 11) is 1.78. The van der Waals surface area contributed by atoms with E-state index >= 15 is 0 Å². The van der Waals surface area contributed by atoms with Crippen molar-refractivity contribution in [2.75, 3.05) is 39.9 Å². The van der Waals surface area contributed by atoms with Crippen LogP contribution in [0.2, 0.25) is 0 Å². The first-order chi connectivity index (χ1) is 11.1. The van der Waals surface area contributed by atoms with Gasteiger partial charge in [0, 0.05) is 32.7 Å². The van der Waals surface area contributed by atoms with Gasteiger partial charge < -0.3 is 19.4 Å². The van der Waals surface area contributed by atoms with Crippen molar-refractivity contribution in [2.45, 2.75) is 32.9 Å². The maximum Gasteiger partial charge on any atom is 0.317 e. The Kier molecular flexibility index (Phi) is 6.92. The van der Waals surface area contributed by atoms with E-state index in [-0.39, 0.29) is 6.03 Å². The van der Waals surface area contributed by atoms with Gasteiger partial charge in [0.1, 0.15) is 5.76 Å². The van der Waals surface area contributed by atoms with Gasteiger partial charge in [0.05, 0.1) is 26.0 Å². The normalized spacial score (nSPS) is 17.2. The minimum absolute atomic E-state index is 0.0663. The van der Waals surface area contributed by atoms with Crippen LogP contribution in [0, 0.1) is 5.92 Å². The summed E-state index contributed by atoms with van der Waals surface area (Å²) in [4.78, 5) is 16.3. The molecule has 1 unspecified atom stereocenters. The van der Waals surface area contributed by atoms with Crippen LogP contribution in [0.1, 0.15) is 26.0 Å². The Bertz CT molecular complexity index is 456. The lowest BCUT2D eigenvalue weighted by Crippen LogP contribution is -2.50. The highest BCUT2D eigenvalue weighted by molar-refractivity contribution is 5.73. The standard InChI is InChI=1S/C17H29N3O3/c1-14(2)11-15(20-6-9-22-10-7-20)12-18-17(21)19(3)13-16-5-4-8-23-16/h4-5,8,14-15H,6-7,9-13H2,1-3H3,(H,18,21). The molecule has 1 aliphatic heterocycles. The summed E-state index contributed by atoms with van der Waals surface area (Å²) in [5, 5.41) is 3.06. The van der Waals surface area contributed by atoms with Crippen LogP contribution in [0.15, 0.2) is 22.8 Å². The summed E-state index contributed by atoms with van der Waals surface area (Å²) < 4.78 is 10.7. The number of hydrogen-bond donors (Lipinski definition) is 1. The third-order valence-electron chi connectivity index (χ3n) is 4.11. The number of carbonyl (C=O) groups is 1. The number of furan rings is 1. The topological polar surface area (TPSA) is 58.0 Å². The smallest absolute Gasteiger partial charge is 0.317 e. The summed E-state index contributed by atoms with van der Waals surface area (Å²) in [6.07, 6.45) is 2.69. The highest BCUT2D eigenvalue weighted by atomic mass is 16.5. The zero-order valence-corrected chi connectivity index (χ0v) is 14.5. The second-order valence-electron chi connectivity index (χ2n) is 6.55. The van der Waals surface area contributed by atoms with Crippen molar-refractivity contribution < 1.29 is 13.9 Å². The Morgan fingerprint density at radius 2 is 2.13 bits per heavy atom. The van der Waals surface area contributed by atoms with E-state index in [1.54, 1.807) is 18.2 Å². The summed E-state index contributed by atoms with van der Waals surface area (Å²) in [6.45, 7) is 9.02. The van der Waals surface area contributed by atoms with Gasteiger partial charge in [-0.3, -0.25) is 4.90 Å². The number of ether oxygens (including phenoxy) is 1. The molecule has 1 N–H and O–H groups in total. The second kappa shape index (κ2) is 8.93. The molecule has 23 heavy (non-hydrogen) atoms. The van der Waals surface area contributed by atoms with Gasteiger partial charge in [0.25, 0.3) is 0 Å². The fraction of sp³-hybridized carbons (Fsp3) is 0.706. The molecule has 0 aromatic carbocycles. The zero-order chi connectivity index (χ0) is 16.7. The van der Waals surface area contributed by atoms with Crippen molar-refractivity contribution in [1.82, 2.24) is 15.1 Å². The Morgan fingerprint density at radius 3 is 2.74 bits per heavy atom. The Labute approximate surface area is 138 Å². The number of carbonyl (C=O) groups excluding carboxylic acids is 1. The van der Waals surface area contributed by atoms with Gasteiger partial charge in [-0.25, -0.2) is 4.79 Å². The van der Waals surface area contributed by atoms with E-state index in [0.29, 0.717) is 25.0 Å². The average Bonchev–Trinajstić information content (AvgIpc) is 3.04. The van der Waals surface area contributed by atoms with Crippen LogP contribution in [-0.2, 0) is 11.3 Å². The summed E-state index contributed by atoms with van der Waals surface area (Å²) in [5.41, 5.74) is 0. The molecule has 1 aliphatic rings. The van der Waals surface area contributed by atoms with Crippen LogP contribution in [0.3, 0.4) is 0 Å². The van der Waals surface area contributed by atoms with Crippen LogP contribution in [-0.4, -0.2) is 61.8 Å². The molecular weight excluding hydrogens is 294 g/mol. The van der Waals surface area contributed by atoms with Gasteiger partial charge in [0.15, 0.2) is 0 Å². The molecule has 2 amide bonds. The van der Waals surface area contributed by atoms with Crippen LogP contribution in [0.25, 0.3) is 0 Å². The molecule has 130 valence electrons. The van der Waals surface area contributed by atoms with E-state index in [2.05, 4.69) is 24.1 Å². The molecule has 0 aliphatic carbocycles. The van der Waals surface area contributed by atoms with E-state index in [9.17, 15) is 4.79 Å². The van der Waals surface area contributed by atoms with Crippen LogP contribution < -0.4 is 5.32 Å². The number of urea groups is 1. The fourth-order valence-electron chi connectivity index (χ4n) is 2.90. The number of nitrogens with zero attached hydrogens (tertiary/aromatic N) is 2. The minimum atomic E-state index is -0.0663. The molecular formula is C17H29N3O3. The van der Waals surface area contributed by atoms with Crippen molar-refractivity contribution in [3.05, 3.63) is 24.2 Å². The molecule has 0 saturated carbocycles. The first-order valence-electron chi connectivity index (χ1n) is 8.39. The molecule has 6 nitrogen and oxygen atoms in total. The molecule has 0 bridgehead atoms. The van der Waals surface area contributed by atoms with Gasteiger partial charge in [-0.2, -0.15) is 0 Å². The molecule has 6 heteroatoms. The molecule has 0 spiro atoms. The number of hydrogen-bond acceptors (Lipinski definition) is 4. The highest BCUT2D eigenvalue weighted by Crippen LogP contribution is 2.13. The fourth-order valence-corrected chi connectivity index (χ4v) is 2.90. The molecule has 2 rings (SSSR count). The van der Waals surface area contributed by atoms with Crippen molar-refractivity contribution in [3.8, 4) is 0 Å². The molecule has 1 atom stereocenters. The monoisotopic (exact) mass is 323 g/mol. The van der Waals surface area contributed by atoms with Crippen molar-refractivity contribution in [1.29, 1.82) is 0 Å². The maximum atomic E-state index is 12.3. The number of morpholine rings is 1. The van der Waals surface area contributed by atoms with Gasteiger partial charge in [-0.15, -0.1) is 0 Å². The number of rotatable bonds is 7. The number of nitrogens with one attached hydrogen (secondary N) is 1. The van der Waals surface area contributed by atoms with Crippen molar-refractivity contribution in [3.63, 3.8) is 0 Å². The predicted octanol–water partition coefficient (Wildman–Crippen LogP) is 2.17. The highest BCUT2D eigenvalue weighted by Gasteiger charge is 2.23. The predicted molar refractivity (Wildman–Crippen MR) is 89.2 cm³/mol. The van der Waals surface area contributed by atoms with E-state index in [0.717, 1.165) is 38.5 Å². The zero-order valence-electron chi connectivity index (χ0n) is 14.5. The van der Waals surface area contributed by atoms with Crippen molar-refractivity contribution in [2.24, 2.45) is 5.92 Å². The summed E-state index contributed by atoms with van der Waals surface area (Å²) >= 11 is 0. The van der Waals surface area contributed by atoms with Gasteiger partial charge in [-0.05, 0) is 24.5 Å². The van der Waals surface area contributed by atoms with Crippen molar-refractivity contribution >= 4 is 6.03 Å². The molecule has 1 saturated heterocycles. The molecule has 1 aromatic rings. The second-order valence-corrected chi connectivity index (χ2v) is 6.55. The Balaban J connectivity index is 1.82. The SMILES string of the molecule is CC(C)CC(CNC(=O)N(C)Cc1ccco1)N1CCOCC1. The Hall–Kier alpha value is -1.53. The lowest BCUT2D eigenvalue weighted by molar-refractivity contribution is 0.0127. The first-order valence-corrected chi connectivity index (χ1v) is 8.39. The first kappa shape index (κ1) is 17.8. The lowest BCUT2D eigenvalue weighted by Gasteiger charge is -2.35. The van der Waals surface area contributed by atoms with Crippen LogP contribution >= 0.6 is 0 Å². The van der Waals surface area contributed by atoms with Crippen LogP contribution in [0.5, 0.6) is 0 Å². The average molecular weight is 323 g/mol. The van der Waals surface area contributed by atoms with E-state index in [1.165, 1.54) is 0 Å². The largest absolute Gasteiger partial charge is 0.467 e. The van der Waals surface area contributed by atoms with Gasteiger partial charge in [0.2, 0.25) is 0 Å².